The third kappa shape index (κ3) is 169. The van der Waals surface area contributed by atoms with Gasteiger partial charge in [0.25, 0.3) is 0 Å². The van der Waals surface area contributed by atoms with E-state index in [0.717, 1.165) is 0 Å². The van der Waals surface area contributed by atoms with E-state index < -0.39 is 0 Å². The maximum absolute atomic E-state index is 10.5. The van der Waals surface area contributed by atoms with Crippen LogP contribution in [0.15, 0.2) is 0 Å². The Morgan fingerprint density at radius 3 is 0.892 bits per heavy atom. The minimum Gasteiger partial charge on any atom is -0.377 e. The third-order valence-corrected chi connectivity index (χ3v) is 1.81. The van der Waals surface area contributed by atoms with Crippen LogP contribution in [0.1, 0.15) is 81.7 Å². The summed E-state index contributed by atoms with van der Waals surface area (Å²) in [6.45, 7) is 1.93. The fourth-order valence-electron chi connectivity index (χ4n) is 1.04. The summed E-state index contributed by atoms with van der Waals surface area (Å²) in [5, 5.41) is 5.52. The van der Waals surface area contributed by atoms with Crippen molar-refractivity contribution >= 4 is 11.6 Å². The highest BCUT2D eigenvalue weighted by atomic mass is 16.6. The molecule has 0 bridgehead atoms. The highest BCUT2D eigenvalue weighted by Gasteiger charge is 1.96. The highest BCUT2D eigenvalue weighted by molar-refractivity contribution is 5.81. The lowest BCUT2D eigenvalue weighted by Gasteiger charge is -1.94. The van der Waals surface area contributed by atoms with Crippen LogP contribution in [0.3, 0.4) is 0 Å². The number of ether oxygens (including phenoxy) is 6. The molecule has 0 heterocycles. The van der Waals surface area contributed by atoms with Crippen molar-refractivity contribution in [2.45, 2.75) is 81.7 Å². The fraction of sp³-hybridized carbons (Fsp3) is 0.926. The van der Waals surface area contributed by atoms with Crippen LogP contribution in [0.2, 0.25) is 0 Å². The molecule has 0 fully saturated rings. The van der Waals surface area contributed by atoms with Crippen molar-refractivity contribution in [2.75, 3.05) is 96.6 Å². The van der Waals surface area contributed by atoms with Crippen molar-refractivity contribution < 1.29 is 38.0 Å². The standard InChI is InChI=1S/C5H11NO2.C5H10O3.C3H9NO.C3H8O2.11CH4/c1-6-3-5(7)4-8-2;1-7-3-5(6)4-8-2;2*1-4-3-5-2;;;;;;;;;;;/h6H,3-4H2,1-2H3;3-4H2,1-2H3;4H,3H2,1-2H3;3H2,1-2H3;11*1H4. The number of methoxy groups -OCH3 is 6. The molecule has 0 aliphatic carbocycles. The van der Waals surface area contributed by atoms with Crippen LogP contribution >= 0.6 is 0 Å². The van der Waals surface area contributed by atoms with E-state index in [0.29, 0.717) is 20.1 Å². The van der Waals surface area contributed by atoms with Crippen LogP contribution in [-0.4, -0.2) is 108 Å². The van der Waals surface area contributed by atoms with Crippen LogP contribution in [0, 0.1) is 0 Å². The van der Waals surface area contributed by atoms with Crippen molar-refractivity contribution in [2.24, 2.45) is 0 Å². The van der Waals surface area contributed by atoms with E-state index >= 15 is 0 Å². The second kappa shape index (κ2) is 112. The topological polar surface area (TPSA) is 114 Å². The molecule has 37 heavy (non-hydrogen) atoms. The molecule has 0 unspecified atom stereocenters. The van der Waals surface area contributed by atoms with Gasteiger partial charge in [0.15, 0.2) is 11.6 Å². The maximum Gasteiger partial charge on any atom is 0.183 e. The largest absolute Gasteiger partial charge is 0.377 e. The van der Waals surface area contributed by atoms with Crippen molar-refractivity contribution in [1.29, 1.82) is 0 Å². The molecule has 248 valence electrons. The summed E-state index contributed by atoms with van der Waals surface area (Å²) in [4.78, 5) is 20.8. The molecule has 0 saturated heterocycles. The number of Topliss-reactive ketones (excluding diaryl/α,β-unsaturated/α-hetero) is 2. The number of carbonyl (C=O) groups is 2. The van der Waals surface area contributed by atoms with Gasteiger partial charge in [-0.05, 0) is 14.1 Å². The number of nitrogens with one attached hydrogen (secondary N) is 2. The minimum absolute atomic E-state index is 0. The number of ketones is 2. The summed E-state index contributed by atoms with van der Waals surface area (Å²) in [5.74, 6) is 0.0463. The Labute approximate surface area is 238 Å². The Balaban J connectivity index is -0.0000000124. The number of rotatable bonds is 12. The minimum atomic E-state index is -0.0324. The molecule has 0 spiro atoms. The van der Waals surface area contributed by atoms with Gasteiger partial charge in [-0.15, -0.1) is 0 Å². The molecule has 0 aromatic rings. The lowest BCUT2D eigenvalue weighted by atomic mass is 10.4. The van der Waals surface area contributed by atoms with Gasteiger partial charge >= 0.3 is 0 Å². The predicted molar refractivity (Wildman–Crippen MR) is 173 cm³/mol. The molecule has 0 atom stereocenters. The second-order valence-corrected chi connectivity index (χ2v) is 4.39. The molecule has 0 radical (unpaired) electrons. The molecule has 0 rings (SSSR count). The van der Waals surface area contributed by atoms with E-state index in [1.165, 1.54) is 21.3 Å². The Bertz CT molecular complexity index is 229. The zero-order valence-corrected chi connectivity index (χ0v) is 17.5. The van der Waals surface area contributed by atoms with E-state index in [4.69, 9.17) is 0 Å². The Morgan fingerprint density at radius 2 is 0.757 bits per heavy atom. The van der Waals surface area contributed by atoms with E-state index in [-0.39, 0.29) is 113 Å². The van der Waals surface area contributed by atoms with Gasteiger partial charge in [-0.3, -0.25) is 14.9 Å². The first-order chi connectivity index (χ1) is 12.4. The molecule has 0 aromatic heterocycles. The van der Waals surface area contributed by atoms with Gasteiger partial charge in [0.1, 0.15) is 26.6 Å². The summed E-state index contributed by atoms with van der Waals surface area (Å²) in [5.41, 5.74) is 0. The summed E-state index contributed by atoms with van der Waals surface area (Å²) in [6.07, 6.45) is 0. The molecule has 10 nitrogen and oxygen atoms in total. The zero-order valence-electron chi connectivity index (χ0n) is 17.5. The Morgan fingerprint density at radius 1 is 0.459 bits per heavy atom. The van der Waals surface area contributed by atoms with Crippen LogP contribution in [-0.2, 0) is 38.0 Å². The SMILES string of the molecule is C.C.C.C.C.C.C.C.C.C.C.CNCC(=O)COC.CNCOC.COCC(=O)COC.COCOC. The van der Waals surface area contributed by atoms with E-state index in [1.807, 2.05) is 7.05 Å². The summed E-state index contributed by atoms with van der Waals surface area (Å²) in [6, 6.07) is 0. The van der Waals surface area contributed by atoms with Crippen LogP contribution in [0.4, 0.5) is 0 Å². The first-order valence-electron chi connectivity index (χ1n) is 7.71. The molecule has 0 aliphatic rings. The Hall–Kier alpha value is -0.980. The average Bonchev–Trinajstić information content (AvgIpc) is 2.59. The summed E-state index contributed by atoms with van der Waals surface area (Å²) in [7, 11) is 12.9. The van der Waals surface area contributed by atoms with Gasteiger partial charge in [0.05, 0.1) is 13.3 Å². The van der Waals surface area contributed by atoms with Crippen molar-refractivity contribution in [3.63, 3.8) is 0 Å². The van der Waals surface area contributed by atoms with E-state index in [9.17, 15) is 9.59 Å². The molecule has 2 N–H and O–H groups in total. The lowest BCUT2D eigenvalue weighted by molar-refractivity contribution is -0.126. The molecule has 0 aliphatic heterocycles. The van der Waals surface area contributed by atoms with Crippen LogP contribution in [0.5, 0.6) is 0 Å². The first kappa shape index (κ1) is 100.0. The molecular weight excluding hydrogens is 480 g/mol. The summed E-state index contributed by atoms with van der Waals surface area (Å²) >= 11 is 0. The summed E-state index contributed by atoms with van der Waals surface area (Å²) < 4.78 is 27.1. The number of hydrogen-bond acceptors (Lipinski definition) is 10. The quantitative estimate of drug-likeness (QED) is 0.262. The van der Waals surface area contributed by atoms with Crippen LogP contribution < -0.4 is 10.6 Å². The number of likely N-dealkylation sites (N-methyl/N-ethyl adjacent to an activating group) is 1. The second-order valence-electron chi connectivity index (χ2n) is 4.39. The van der Waals surface area contributed by atoms with Gasteiger partial charge in [-0.1, -0.05) is 81.7 Å². The van der Waals surface area contributed by atoms with Crippen molar-refractivity contribution in [1.82, 2.24) is 10.6 Å². The first-order valence-corrected chi connectivity index (χ1v) is 7.71. The smallest absolute Gasteiger partial charge is 0.183 e. The van der Waals surface area contributed by atoms with Crippen molar-refractivity contribution in [3.05, 3.63) is 0 Å². The van der Waals surface area contributed by atoms with Gasteiger partial charge in [-0.25, -0.2) is 0 Å². The highest BCUT2D eigenvalue weighted by Crippen LogP contribution is 1.73. The molecule has 0 amide bonds. The zero-order chi connectivity index (χ0) is 21.1. The monoisotopic (exact) mass is 563 g/mol. The Kier molecular flexibility index (Phi) is 303. The molecule has 0 aromatic carbocycles. The van der Waals surface area contributed by atoms with Crippen LogP contribution in [0.25, 0.3) is 0 Å². The van der Waals surface area contributed by atoms with E-state index in [2.05, 4.69) is 39.1 Å². The number of hydrogen-bond donors (Lipinski definition) is 2. The lowest BCUT2D eigenvalue weighted by Crippen LogP contribution is -2.21. The van der Waals surface area contributed by atoms with Gasteiger partial charge in [0, 0.05) is 42.7 Å². The van der Waals surface area contributed by atoms with Gasteiger partial charge in [-0.2, -0.15) is 0 Å². The number of carbonyl (C=O) groups excluding carboxylic acids is 2. The maximum atomic E-state index is 10.5. The molecule has 10 heteroatoms. The fourth-order valence-corrected chi connectivity index (χ4v) is 1.04. The normalized spacial score (nSPS) is 6.27. The van der Waals surface area contributed by atoms with E-state index in [1.54, 1.807) is 28.4 Å². The van der Waals surface area contributed by atoms with Gasteiger partial charge in [0.2, 0.25) is 0 Å². The molecule has 0 saturated carbocycles. The molecular formula is C27H82N2O8. The average molecular weight is 563 g/mol. The predicted octanol–water partition coefficient (Wildman–Crippen LogP) is 6.31. The van der Waals surface area contributed by atoms with Gasteiger partial charge < -0.3 is 33.7 Å². The van der Waals surface area contributed by atoms with Crippen molar-refractivity contribution in [3.8, 4) is 0 Å². The third-order valence-electron chi connectivity index (χ3n) is 1.81.